The van der Waals surface area contributed by atoms with Gasteiger partial charge in [-0.3, -0.25) is 4.68 Å². The Kier molecular flexibility index (Phi) is 4.44. The molecule has 0 bridgehead atoms. The number of rotatable bonds is 4. The van der Waals surface area contributed by atoms with Crippen LogP contribution in [-0.2, 0) is 13.6 Å². The van der Waals surface area contributed by atoms with Gasteiger partial charge in [0, 0.05) is 36.1 Å². The van der Waals surface area contributed by atoms with Crippen LogP contribution < -0.4 is 10.6 Å². The molecular formula is C13H13ClN4O3. The average Bonchev–Trinajstić information content (AvgIpc) is 2.81. The molecule has 7 nitrogen and oxygen atoms in total. The van der Waals surface area contributed by atoms with Gasteiger partial charge in [0.15, 0.2) is 0 Å². The van der Waals surface area contributed by atoms with Gasteiger partial charge in [0.05, 0.1) is 11.8 Å². The zero-order chi connectivity index (χ0) is 15.4. The summed E-state index contributed by atoms with van der Waals surface area (Å²) in [6, 6.07) is 3.65. The maximum atomic E-state index is 11.7. The van der Waals surface area contributed by atoms with Crippen molar-refractivity contribution in [2.45, 2.75) is 6.54 Å². The minimum atomic E-state index is -1.11. The summed E-state index contributed by atoms with van der Waals surface area (Å²) in [4.78, 5) is 22.7. The number of benzene rings is 1. The number of urea groups is 1. The fourth-order valence-electron chi connectivity index (χ4n) is 1.71. The van der Waals surface area contributed by atoms with Crippen LogP contribution in [-0.4, -0.2) is 26.9 Å². The van der Waals surface area contributed by atoms with Crippen LogP contribution >= 0.6 is 11.6 Å². The third kappa shape index (κ3) is 4.22. The van der Waals surface area contributed by atoms with Gasteiger partial charge >= 0.3 is 12.0 Å². The fourth-order valence-corrected chi connectivity index (χ4v) is 1.94. The number of carbonyl (C=O) groups excluding carboxylic acids is 1. The SMILES string of the molecule is Cn1cc(CNC(=O)Nc2cc(Cl)cc(C(=O)O)c2)cn1. The second kappa shape index (κ2) is 6.27. The van der Waals surface area contributed by atoms with Crippen molar-refractivity contribution in [2.75, 3.05) is 5.32 Å². The molecule has 0 aliphatic carbocycles. The number of nitrogens with zero attached hydrogens (tertiary/aromatic N) is 2. The van der Waals surface area contributed by atoms with E-state index in [9.17, 15) is 9.59 Å². The van der Waals surface area contributed by atoms with Crippen LogP contribution in [0.15, 0.2) is 30.6 Å². The highest BCUT2D eigenvalue weighted by Gasteiger charge is 2.08. The zero-order valence-electron chi connectivity index (χ0n) is 11.1. The van der Waals surface area contributed by atoms with E-state index < -0.39 is 12.0 Å². The Morgan fingerprint density at radius 3 is 2.76 bits per heavy atom. The van der Waals surface area contributed by atoms with Crippen LogP contribution in [0.1, 0.15) is 15.9 Å². The lowest BCUT2D eigenvalue weighted by molar-refractivity contribution is 0.0697. The first-order chi connectivity index (χ1) is 9.94. The number of hydrogen-bond donors (Lipinski definition) is 3. The first kappa shape index (κ1) is 14.9. The van der Waals surface area contributed by atoms with Gasteiger partial charge in [0.2, 0.25) is 0 Å². The zero-order valence-corrected chi connectivity index (χ0v) is 11.9. The lowest BCUT2D eigenvalue weighted by Crippen LogP contribution is -2.28. The monoisotopic (exact) mass is 308 g/mol. The van der Waals surface area contributed by atoms with Gasteiger partial charge in [0.1, 0.15) is 0 Å². The highest BCUT2D eigenvalue weighted by Crippen LogP contribution is 2.19. The van der Waals surface area contributed by atoms with E-state index in [1.807, 2.05) is 0 Å². The van der Waals surface area contributed by atoms with E-state index in [1.54, 1.807) is 24.1 Å². The Bertz CT molecular complexity index is 684. The van der Waals surface area contributed by atoms with E-state index in [-0.39, 0.29) is 10.6 Å². The van der Waals surface area contributed by atoms with E-state index in [1.165, 1.54) is 18.2 Å². The topological polar surface area (TPSA) is 96.2 Å². The number of carboxylic acid groups (broad SMARTS) is 1. The predicted octanol–water partition coefficient (Wildman–Crippen LogP) is 2.09. The molecule has 0 spiro atoms. The number of aryl methyl sites for hydroxylation is 1. The molecule has 2 rings (SSSR count). The molecule has 110 valence electrons. The van der Waals surface area contributed by atoms with E-state index >= 15 is 0 Å². The summed E-state index contributed by atoms with van der Waals surface area (Å²) in [6.45, 7) is 0.312. The van der Waals surface area contributed by atoms with E-state index in [0.717, 1.165) is 5.56 Å². The number of hydrogen-bond acceptors (Lipinski definition) is 3. The number of carbonyl (C=O) groups is 2. The van der Waals surface area contributed by atoms with Crippen molar-refractivity contribution in [1.82, 2.24) is 15.1 Å². The Balaban J connectivity index is 1.97. The molecule has 0 aliphatic rings. The largest absolute Gasteiger partial charge is 0.478 e. The maximum Gasteiger partial charge on any atom is 0.335 e. The summed E-state index contributed by atoms with van der Waals surface area (Å²) < 4.78 is 1.63. The van der Waals surface area contributed by atoms with Gasteiger partial charge in [-0.05, 0) is 18.2 Å². The number of aromatic nitrogens is 2. The van der Waals surface area contributed by atoms with Crippen molar-refractivity contribution in [3.05, 3.63) is 46.7 Å². The highest BCUT2D eigenvalue weighted by molar-refractivity contribution is 6.31. The Morgan fingerprint density at radius 2 is 2.14 bits per heavy atom. The lowest BCUT2D eigenvalue weighted by atomic mass is 10.2. The third-order valence-electron chi connectivity index (χ3n) is 2.61. The summed E-state index contributed by atoms with van der Waals surface area (Å²) in [5, 5.41) is 18.3. The molecule has 0 radical (unpaired) electrons. The second-order valence-corrected chi connectivity index (χ2v) is 4.80. The van der Waals surface area contributed by atoms with Crippen LogP contribution in [0.4, 0.5) is 10.5 Å². The number of carboxylic acids is 1. The predicted molar refractivity (Wildman–Crippen MR) is 77.5 cm³/mol. The molecule has 3 N–H and O–H groups in total. The summed E-state index contributed by atoms with van der Waals surface area (Å²) in [7, 11) is 1.78. The number of aromatic carboxylic acids is 1. The smallest absolute Gasteiger partial charge is 0.335 e. The molecule has 0 saturated carbocycles. The second-order valence-electron chi connectivity index (χ2n) is 4.36. The summed E-state index contributed by atoms with van der Waals surface area (Å²) in [5.74, 6) is -1.11. The molecule has 1 aromatic carbocycles. The molecule has 0 unspecified atom stereocenters. The van der Waals surface area contributed by atoms with Gasteiger partial charge in [-0.25, -0.2) is 9.59 Å². The molecule has 1 heterocycles. The molecule has 0 saturated heterocycles. The minimum Gasteiger partial charge on any atom is -0.478 e. The molecule has 0 fully saturated rings. The number of nitrogens with one attached hydrogen (secondary N) is 2. The molecule has 1 aromatic heterocycles. The Labute approximate surface area is 125 Å². The highest BCUT2D eigenvalue weighted by atomic mass is 35.5. The standard InChI is InChI=1S/C13H13ClN4O3/c1-18-7-8(6-16-18)5-15-13(21)17-11-3-9(12(19)20)2-10(14)4-11/h2-4,6-7H,5H2,1H3,(H,19,20)(H2,15,17,21). The number of amides is 2. The van der Waals surface area contributed by atoms with Crippen molar-refractivity contribution in [3.63, 3.8) is 0 Å². The number of anilines is 1. The fraction of sp³-hybridized carbons (Fsp3) is 0.154. The first-order valence-corrected chi connectivity index (χ1v) is 6.38. The third-order valence-corrected chi connectivity index (χ3v) is 2.83. The van der Waals surface area contributed by atoms with Crippen molar-refractivity contribution < 1.29 is 14.7 Å². The van der Waals surface area contributed by atoms with Gasteiger partial charge in [-0.15, -0.1) is 0 Å². The molecule has 2 amide bonds. The van der Waals surface area contributed by atoms with Crippen LogP contribution in [0.2, 0.25) is 5.02 Å². The Morgan fingerprint density at radius 1 is 1.38 bits per heavy atom. The molecule has 0 aliphatic heterocycles. The van der Waals surface area contributed by atoms with Gasteiger partial charge in [-0.1, -0.05) is 11.6 Å². The van der Waals surface area contributed by atoms with Crippen molar-refractivity contribution in [1.29, 1.82) is 0 Å². The molecular weight excluding hydrogens is 296 g/mol. The van der Waals surface area contributed by atoms with Gasteiger partial charge < -0.3 is 15.7 Å². The van der Waals surface area contributed by atoms with Gasteiger partial charge in [-0.2, -0.15) is 5.10 Å². The van der Waals surface area contributed by atoms with Crippen LogP contribution in [0.5, 0.6) is 0 Å². The van der Waals surface area contributed by atoms with E-state index in [4.69, 9.17) is 16.7 Å². The summed E-state index contributed by atoms with van der Waals surface area (Å²) in [5.41, 5.74) is 1.17. The van der Waals surface area contributed by atoms with E-state index in [2.05, 4.69) is 15.7 Å². The average molecular weight is 309 g/mol. The maximum absolute atomic E-state index is 11.7. The Hall–Kier alpha value is -2.54. The van der Waals surface area contributed by atoms with Gasteiger partial charge in [0.25, 0.3) is 0 Å². The minimum absolute atomic E-state index is 0.00468. The summed E-state index contributed by atoms with van der Waals surface area (Å²) in [6.07, 6.45) is 3.42. The van der Waals surface area contributed by atoms with Crippen molar-refractivity contribution >= 4 is 29.3 Å². The molecule has 2 aromatic rings. The van der Waals surface area contributed by atoms with E-state index in [0.29, 0.717) is 12.2 Å². The molecule has 8 heteroatoms. The van der Waals surface area contributed by atoms with Crippen LogP contribution in [0.3, 0.4) is 0 Å². The summed E-state index contributed by atoms with van der Waals surface area (Å²) >= 11 is 5.81. The van der Waals surface area contributed by atoms with Crippen LogP contribution in [0, 0.1) is 0 Å². The van der Waals surface area contributed by atoms with Crippen molar-refractivity contribution in [3.8, 4) is 0 Å². The lowest BCUT2D eigenvalue weighted by Gasteiger charge is -2.08. The normalized spacial score (nSPS) is 10.2. The quantitative estimate of drug-likeness (QED) is 0.805. The number of halogens is 1. The molecule has 0 atom stereocenters. The van der Waals surface area contributed by atoms with Crippen LogP contribution in [0.25, 0.3) is 0 Å². The first-order valence-electron chi connectivity index (χ1n) is 6.00. The molecule has 21 heavy (non-hydrogen) atoms. The van der Waals surface area contributed by atoms with Crippen molar-refractivity contribution in [2.24, 2.45) is 7.05 Å².